The maximum atomic E-state index is 8.78. The molecule has 0 aliphatic carbocycles. The molecule has 0 amide bonds. The van der Waals surface area contributed by atoms with Crippen LogP contribution in [0.3, 0.4) is 0 Å². The van der Waals surface area contributed by atoms with Crippen molar-refractivity contribution in [3.63, 3.8) is 0 Å². The third-order valence-corrected chi connectivity index (χ3v) is 6.28. The smallest absolute Gasteiger partial charge is 0.0748 e. The van der Waals surface area contributed by atoms with Crippen LogP contribution in [0.25, 0.3) is 10.4 Å². The molecule has 2 fully saturated rings. The molecule has 2 unspecified atom stereocenters. The van der Waals surface area contributed by atoms with E-state index in [1.54, 1.807) is 11.3 Å². The summed E-state index contributed by atoms with van der Waals surface area (Å²) >= 11 is 1.69. The summed E-state index contributed by atoms with van der Waals surface area (Å²) in [6, 6.07) is 12.4. The van der Waals surface area contributed by atoms with Crippen molar-refractivity contribution < 1.29 is 5.21 Å². The Balaban J connectivity index is 1.57. The highest BCUT2D eigenvalue weighted by Crippen LogP contribution is 2.41. The molecule has 1 N–H and O–H groups in total. The molecule has 0 saturated carbocycles. The van der Waals surface area contributed by atoms with E-state index >= 15 is 0 Å². The highest BCUT2D eigenvalue weighted by molar-refractivity contribution is 7.14. The maximum Gasteiger partial charge on any atom is 0.0748 e. The van der Waals surface area contributed by atoms with E-state index in [0.717, 1.165) is 16.5 Å². The topological polar surface area (TPSA) is 35.8 Å². The first-order chi connectivity index (χ1) is 11.4. The van der Waals surface area contributed by atoms with Gasteiger partial charge in [-0.05, 0) is 54.8 Å². The molecule has 23 heavy (non-hydrogen) atoms. The lowest BCUT2D eigenvalue weighted by molar-refractivity contribution is 0.150. The lowest BCUT2D eigenvalue weighted by Gasteiger charge is -2.34. The number of thiophene rings is 1. The van der Waals surface area contributed by atoms with Gasteiger partial charge >= 0.3 is 0 Å². The van der Waals surface area contributed by atoms with Crippen LogP contribution in [0.1, 0.15) is 49.3 Å². The van der Waals surface area contributed by atoms with Crippen LogP contribution in [-0.4, -0.2) is 28.9 Å². The van der Waals surface area contributed by atoms with E-state index in [1.165, 1.54) is 56.0 Å². The number of hydrogen-bond acceptors (Lipinski definition) is 4. The number of rotatable bonds is 3. The zero-order valence-corrected chi connectivity index (χ0v) is 14.0. The lowest BCUT2D eigenvalue weighted by Crippen LogP contribution is -2.35. The van der Waals surface area contributed by atoms with Gasteiger partial charge < -0.3 is 5.21 Å². The summed E-state index contributed by atoms with van der Waals surface area (Å²) in [5, 5.41) is 14.0. The molecule has 2 atom stereocenters. The Kier molecular flexibility index (Phi) is 4.19. The SMILES string of the molecule is O/N=C/c1ccsc1-c1ccc(C2CCC3CCCCN32)cc1. The second-order valence-corrected chi connectivity index (χ2v) is 7.47. The summed E-state index contributed by atoms with van der Waals surface area (Å²) in [4.78, 5) is 3.89. The van der Waals surface area contributed by atoms with Crippen LogP contribution >= 0.6 is 11.3 Å². The molecule has 4 rings (SSSR count). The Bertz CT molecular complexity index is 692. The van der Waals surface area contributed by atoms with Crippen molar-refractivity contribution in [3.05, 3.63) is 46.8 Å². The summed E-state index contributed by atoms with van der Waals surface area (Å²) in [7, 11) is 0. The van der Waals surface area contributed by atoms with Crippen molar-refractivity contribution in [1.82, 2.24) is 4.90 Å². The largest absolute Gasteiger partial charge is 0.411 e. The number of piperidine rings is 1. The average Bonchev–Trinajstić information content (AvgIpc) is 3.22. The van der Waals surface area contributed by atoms with Gasteiger partial charge in [-0.15, -0.1) is 11.3 Å². The summed E-state index contributed by atoms with van der Waals surface area (Å²) in [5.41, 5.74) is 3.63. The zero-order chi connectivity index (χ0) is 15.6. The van der Waals surface area contributed by atoms with Crippen molar-refractivity contribution in [3.8, 4) is 10.4 Å². The van der Waals surface area contributed by atoms with E-state index < -0.39 is 0 Å². The second kappa shape index (κ2) is 6.46. The van der Waals surface area contributed by atoms with Crippen LogP contribution in [0, 0.1) is 0 Å². The van der Waals surface area contributed by atoms with Gasteiger partial charge in [0.1, 0.15) is 0 Å². The molecule has 3 heterocycles. The Labute approximate surface area is 141 Å². The maximum absolute atomic E-state index is 8.78. The first-order valence-electron chi connectivity index (χ1n) is 8.48. The van der Waals surface area contributed by atoms with E-state index in [9.17, 15) is 0 Å². The van der Waals surface area contributed by atoms with Gasteiger partial charge in [0, 0.05) is 22.5 Å². The fourth-order valence-corrected chi connectivity index (χ4v) is 5.07. The van der Waals surface area contributed by atoms with E-state index in [1.807, 2.05) is 11.4 Å². The van der Waals surface area contributed by atoms with Crippen molar-refractivity contribution in [2.45, 2.75) is 44.2 Å². The normalized spacial score (nSPS) is 25.0. The second-order valence-electron chi connectivity index (χ2n) is 6.55. The number of nitrogens with zero attached hydrogens (tertiary/aromatic N) is 2. The summed E-state index contributed by atoms with van der Waals surface area (Å²) in [6.45, 7) is 1.26. The summed E-state index contributed by atoms with van der Waals surface area (Å²) < 4.78 is 0. The van der Waals surface area contributed by atoms with Gasteiger partial charge in [-0.3, -0.25) is 4.90 Å². The molecule has 2 aromatic rings. The standard InChI is InChI=1S/C19H22N2OS/c22-20-13-16-10-12-23-19(16)15-6-4-14(5-7-15)18-9-8-17-3-1-2-11-21(17)18/h4-7,10,12-13,17-18,22H,1-3,8-9,11H2/b20-13+. The highest BCUT2D eigenvalue weighted by Gasteiger charge is 2.35. The van der Waals surface area contributed by atoms with E-state index in [4.69, 9.17) is 5.21 Å². The van der Waals surface area contributed by atoms with Crippen molar-refractivity contribution in [2.24, 2.45) is 5.16 Å². The minimum atomic E-state index is 0.608. The molecule has 120 valence electrons. The number of benzene rings is 1. The summed E-state index contributed by atoms with van der Waals surface area (Å²) in [6.07, 6.45) is 8.30. The van der Waals surface area contributed by atoms with Crippen LogP contribution in [0.2, 0.25) is 0 Å². The monoisotopic (exact) mass is 326 g/mol. The van der Waals surface area contributed by atoms with Gasteiger partial charge in [0.25, 0.3) is 0 Å². The van der Waals surface area contributed by atoms with Crippen molar-refractivity contribution >= 4 is 17.6 Å². The number of oxime groups is 1. The Hall–Kier alpha value is -1.65. The minimum Gasteiger partial charge on any atom is -0.411 e. The molecular weight excluding hydrogens is 304 g/mol. The van der Waals surface area contributed by atoms with Gasteiger partial charge in [-0.2, -0.15) is 0 Å². The van der Waals surface area contributed by atoms with Crippen LogP contribution in [-0.2, 0) is 0 Å². The number of hydrogen-bond donors (Lipinski definition) is 1. The third kappa shape index (κ3) is 2.81. The molecule has 1 aromatic heterocycles. The van der Waals surface area contributed by atoms with Gasteiger partial charge in [0.05, 0.1) is 6.21 Å². The molecule has 2 aliphatic heterocycles. The van der Waals surface area contributed by atoms with E-state index in [-0.39, 0.29) is 0 Å². The van der Waals surface area contributed by atoms with Crippen LogP contribution in [0.5, 0.6) is 0 Å². The van der Waals surface area contributed by atoms with Crippen molar-refractivity contribution in [2.75, 3.05) is 6.54 Å². The first-order valence-corrected chi connectivity index (χ1v) is 9.36. The highest BCUT2D eigenvalue weighted by atomic mass is 32.1. The predicted octanol–water partition coefficient (Wildman–Crippen LogP) is 4.91. The van der Waals surface area contributed by atoms with E-state index in [0.29, 0.717) is 6.04 Å². The molecule has 0 spiro atoms. The molecule has 3 nitrogen and oxygen atoms in total. The Morgan fingerprint density at radius 3 is 2.78 bits per heavy atom. The van der Waals surface area contributed by atoms with Gasteiger partial charge in [0.15, 0.2) is 0 Å². The fraction of sp³-hybridized carbons (Fsp3) is 0.421. The molecule has 0 bridgehead atoms. The summed E-state index contributed by atoms with van der Waals surface area (Å²) in [5.74, 6) is 0. The fourth-order valence-electron chi connectivity index (χ4n) is 4.19. The molecule has 4 heteroatoms. The van der Waals surface area contributed by atoms with Gasteiger partial charge in [-0.25, -0.2) is 0 Å². The van der Waals surface area contributed by atoms with Crippen LogP contribution in [0.15, 0.2) is 40.9 Å². The molecule has 0 radical (unpaired) electrons. The Morgan fingerprint density at radius 2 is 1.96 bits per heavy atom. The predicted molar refractivity (Wildman–Crippen MR) is 95.5 cm³/mol. The molecular formula is C19H22N2OS. The average molecular weight is 326 g/mol. The van der Waals surface area contributed by atoms with E-state index in [2.05, 4.69) is 34.3 Å². The zero-order valence-electron chi connectivity index (χ0n) is 13.2. The van der Waals surface area contributed by atoms with Crippen LogP contribution < -0.4 is 0 Å². The third-order valence-electron chi connectivity index (χ3n) is 5.30. The van der Waals surface area contributed by atoms with Gasteiger partial charge in [0.2, 0.25) is 0 Å². The number of fused-ring (bicyclic) bond motifs is 1. The van der Waals surface area contributed by atoms with Crippen molar-refractivity contribution in [1.29, 1.82) is 0 Å². The molecule has 2 saturated heterocycles. The lowest BCUT2D eigenvalue weighted by atomic mass is 10.0. The minimum absolute atomic E-state index is 0.608. The Morgan fingerprint density at radius 1 is 1.09 bits per heavy atom. The quantitative estimate of drug-likeness (QED) is 0.494. The molecule has 2 aliphatic rings. The van der Waals surface area contributed by atoms with Crippen LogP contribution in [0.4, 0.5) is 0 Å². The molecule has 1 aromatic carbocycles. The first kappa shape index (κ1) is 14.9. The van der Waals surface area contributed by atoms with Gasteiger partial charge in [-0.1, -0.05) is 35.8 Å².